The molecule has 0 aliphatic heterocycles. The number of amidine groups is 1. The highest BCUT2D eigenvalue weighted by atomic mass is 35.5. The maximum absolute atomic E-state index is 6.19. The third-order valence-electron chi connectivity index (χ3n) is 4.01. The van der Waals surface area contributed by atoms with Crippen molar-refractivity contribution in [3.63, 3.8) is 0 Å². The third kappa shape index (κ3) is 4.89. The molecule has 0 saturated carbocycles. The summed E-state index contributed by atoms with van der Waals surface area (Å²) >= 11 is 7.84. The molecule has 0 spiro atoms. The van der Waals surface area contributed by atoms with Crippen LogP contribution in [0.3, 0.4) is 0 Å². The molecular weight excluding hydrogens is 370 g/mol. The number of nitrogens with zero attached hydrogens (tertiary/aromatic N) is 3. The molecule has 0 saturated heterocycles. The summed E-state index contributed by atoms with van der Waals surface area (Å²) in [4.78, 5) is 12.3. The Kier molecular flexibility index (Phi) is 7.72. The van der Waals surface area contributed by atoms with Crippen molar-refractivity contribution < 1.29 is 9.57 Å². The molecule has 5 nitrogen and oxygen atoms in total. The van der Waals surface area contributed by atoms with E-state index in [9.17, 15) is 0 Å². The van der Waals surface area contributed by atoms with Gasteiger partial charge in [0, 0.05) is 22.1 Å². The summed E-state index contributed by atoms with van der Waals surface area (Å²) in [7, 11) is 1.62. The Morgan fingerprint density at radius 1 is 1.27 bits per heavy atom. The molecule has 0 radical (unpaired) electrons. The maximum Gasteiger partial charge on any atom is 0.205 e. The van der Waals surface area contributed by atoms with Crippen LogP contribution in [0, 0.1) is 13.8 Å². The first kappa shape index (κ1) is 20.5. The van der Waals surface area contributed by atoms with Gasteiger partial charge in [0.05, 0.1) is 12.7 Å². The SMILES string of the molecule is CCCCn1c(C)c(C)s/c1=N\C(=NOCC)c1cc(Cl)ccc1OC. The van der Waals surface area contributed by atoms with Crippen LogP contribution in [-0.4, -0.2) is 24.1 Å². The summed E-state index contributed by atoms with van der Waals surface area (Å²) in [5, 5.41) is 4.82. The molecular formula is C19H26ClN3O2S. The zero-order chi connectivity index (χ0) is 19.1. The van der Waals surface area contributed by atoms with Crippen LogP contribution >= 0.6 is 22.9 Å². The monoisotopic (exact) mass is 395 g/mol. The number of methoxy groups -OCH3 is 1. The smallest absolute Gasteiger partial charge is 0.205 e. The maximum atomic E-state index is 6.19. The second-order valence-corrected chi connectivity index (χ2v) is 7.44. The van der Waals surface area contributed by atoms with E-state index in [4.69, 9.17) is 26.2 Å². The molecule has 0 aliphatic rings. The molecule has 2 aromatic rings. The largest absolute Gasteiger partial charge is 0.496 e. The quantitative estimate of drug-likeness (QED) is 0.379. The number of benzene rings is 1. The van der Waals surface area contributed by atoms with Gasteiger partial charge in [0.25, 0.3) is 0 Å². The highest BCUT2D eigenvalue weighted by Gasteiger charge is 2.14. The fraction of sp³-hybridized carbons (Fsp3) is 0.474. The van der Waals surface area contributed by atoms with Gasteiger partial charge in [-0.2, -0.15) is 4.99 Å². The van der Waals surface area contributed by atoms with Crippen LogP contribution in [0.15, 0.2) is 28.3 Å². The van der Waals surface area contributed by atoms with Gasteiger partial charge in [-0.15, -0.1) is 11.3 Å². The van der Waals surface area contributed by atoms with E-state index >= 15 is 0 Å². The highest BCUT2D eigenvalue weighted by molar-refractivity contribution is 7.09. The minimum atomic E-state index is 0.456. The van der Waals surface area contributed by atoms with Crippen LogP contribution in [0.2, 0.25) is 5.02 Å². The Hall–Kier alpha value is -1.79. The van der Waals surface area contributed by atoms with Gasteiger partial charge in [-0.25, -0.2) is 0 Å². The van der Waals surface area contributed by atoms with E-state index in [1.165, 1.54) is 10.6 Å². The number of aromatic nitrogens is 1. The lowest BCUT2D eigenvalue weighted by molar-refractivity contribution is 0.158. The van der Waals surface area contributed by atoms with Crippen LogP contribution in [-0.2, 0) is 11.4 Å². The average molecular weight is 396 g/mol. The molecule has 0 unspecified atom stereocenters. The van der Waals surface area contributed by atoms with E-state index in [1.54, 1.807) is 30.6 Å². The number of thiazole rings is 1. The first-order valence-corrected chi connectivity index (χ1v) is 9.96. The van der Waals surface area contributed by atoms with Crippen LogP contribution in [0.25, 0.3) is 0 Å². The summed E-state index contributed by atoms with van der Waals surface area (Å²) < 4.78 is 7.70. The average Bonchev–Trinajstić information content (AvgIpc) is 2.90. The van der Waals surface area contributed by atoms with Crippen molar-refractivity contribution in [3.05, 3.63) is 44.2 Å². The van der Waals surface area contributed by atoms with Gasteiger partial charge < -0.3 is 14.1 Å². The highest BCUT2D eigenvalue weighted by Crippen LogP contribution is 2.24. The van der Waals surface area contributed by atoms with E-state index in [0.29, 0.717) is 28.8 Å². The second-order valence-electron chi connectivity index (χ2n) is 5.82. The number of halogens is 1. The van der Waals surface area contributed by atoms with Gasteiger partial charge in [0.2, 0.25) is 5.84 Å². The Morgan fingerprint density at radius 2 is 2.04 bits per heavy atom. The van der Waals surface area contributed by atoms with Crippen molar-refractivity contribution in [2.75, 3.05) is 13.7 Å². The number of hydrogen-bond donors (Lipinski definition) is 0. The van der Waals surface area contributed by atoms with Gasteiger partial charge in [-0.05, 0) is 45.4 Å². The summed E-state index contributed by atoms with van der Waals surface area (Å²) in [6, 6.07) is 5.39. The summed E-state index contributed by atoms with van der Waals surface area (Å²) in [6.07, 6.45) is 2.23. The van der Waals surface area contributed by atoms with Gasteiger partial charge >= 0.3 is 0 Å². The lowest BCUT2D eigenvalue weighted by Gasteiger charge is -2.09. The van der Waals surface area contributed by atoms with Crippen molar-refractivity contribution in [3.8, 4) is 5.75 Å². The Bertz CT molecular complexity index is 840. The molecule has 0 atom stereocenters. The van der Waals surface area contributed by atoms with Crippen molar-refractivity contribution in [1.29, 1.82) is 0 Å². The fourth-order valence-electron chi connectivity index (χ4n) is 2.46. The molecule has 7 heteroatoms. The minimum absolute atomic E-state index is 0.456. The van der Waals surface area contributed by atoms with Crippen molar-refractivity contribution in [1.82, 2.24) is 4.57 Å². The van der Waals surface area contributed by atoms with E-state index in [1.807, 2.05) is 13.0 Å². The zero-order valence-electron chi connectivity index (χ0n) is 16.0. The molecule has 1 aromatic heterocycles. The summed E-state index contributed by atoms with van der Waals surface area (Å²) in [5.41, 5.74) is 1.94. The van der Waals surface area contributed by atoms with Gasteiger partial charge in [0.1, 0.15) is 12.4 Å². The molecule has 0 N–H and O–H groups in total. The van der Waals surface area contributed by atoms with Crippen LogP contribution < -0.4 is 9.54 Å². The van der Waals surface area contributed by atoms with Crippen molar-refractivity contribution in [2.45, 2.75) is 47.1 Å². The van der Waals surface area contributed by atoms with Gasteiger partial charge in [-0.3, -0.25) is 0 Å². The summed E-state index contributed by atoms with van der Waals surface area (Å²) in [6.45, 7) is 9.70. The molecule has 0 bridgehead atoms. The lowest BCUT2D eigenvalue weighted by Crippen LogP contribution is -2.19. The predicted octanol–water partition coefficient (Wildman–Crippen LogP) is 4.93. The van der Waals surface area contributed by atoms with Crippen LogP contribution in [0.4, 0.5) is 0 Å². The number of unbranched alkanes of at least 4 members (excludes halogenated alkanes) is 1. The number of rotatable bonds is 7. The van der Waals surface area contributed by atoms with Gasteiger partial charge in [0.15, 0.2) is 4.80 Å². The molecule has 0 fully saturated rings. The van der Waals surface area contributed by atoms with E-state index in [0.717, 1.165) is 24.2 Å². The number of aryl methyl sites for hydroxylation is 1. The fourth-order valence-corrected chi connectivity index (χ4v) is 3.64. The topological polar surface area (TPSA) is 48.1 Å². The first-order chi connectivity index (χ1) is 12.5. The molecule has 26 heavy (non-hydrogen) atoms. The zero-order valence-corrected chi connectivity index (χ0v) is 17.6. The molecule has 2 rings (SSSR count). The normalized spacial score (nSPS) is 12.5. The van der Waals surface area contributed by atoms with E-state index in [2.05, 4.69) is 30.5 Å². The molecule has 0 aliphatic carbocycles. The number of hydrogen-bond acceptors (Lipinski definition) is 4. The lowest BCUT2D eigenvalue weighted by atomic mass is 10.2. The molecule has 142 valence electrons. The number of ether oxygens (including phenoxy) is 1. The third-order valence-corrected chi connectivity index (χ3v) is 5.34. The van der Waals surface area contributed by atoms with Crippen LogP contribution in [0.1, 0.15) is 42.8 Å². The van der Waals surface area contributed by atoms with E-state index in [-0.39, 0.29) is 0 Å². The predicted molar refractivity (Wildman–Crippen MR) is 108 cm³/mol. The molecule has 0 amide bonds. The van der Waals surface area contributed by atoms with Crippen LogP contribution in [0.5, 0.6) is 5.75 Å². The van der Waals surface area contributed by atoms with Gasteiger partial charge in [-0.1, -0.05) is 30.1 Å². The first-order valence-electron chi connectivity index (χ1n) is 8.77. The molecule has 1 heterocycles. The minimum Gasteiger partial charge on any atom is -0.496 e. The van der Waals surface area contributed by atoms with Crippen molar-refractivity contribution in [2.24, 2.45) is 10.1 Å². The van der Waals surface area contributed by atoms with E-state index < -0.39 is 0 Å². The Labute approximate surface area is 163 Å². The molecule has 1 aromatic carbocycles. The second kappa shape index (κ2) is 9.78. The van der Waals surface area contributed by atoms with Crippen molar-refractivity contribution >= 4 is 28.8 Å². The standard InChI is InChI=1S/C19H26ClN3O2S/c1-6-8-11-23-13(3)14(4)26-19(23)21-18(22-25-7-2)16-12-15(20)9-10-17(16)24-5/h9-10,12H,6-8,11H2,1-5H3/b21-19-,22-18?. The Balaban J connectivity index is 2.62. The summed E-state index contributed by atoms with van der Waals surface area (Å²) in [5.74, 6) is 1.11. The Morgan fingerprint density at radius 3 is 2.69 bits per heavy atom. The number of oxime groups is 1.